The normalized spacial score (nSPS) is 26.7. The first kappa shape index (κ1) is 15.0. The van der Waals surface area contributed by atoms with Crippen molar-refractivity contribution in [1.82, 2.24) is 10.2 Å². The van der Waals surface area contributed by atoms with Crippen molar-refractivity contribution < 1.29 is 13.2 Å². The second-order valence-corrected chi connectivity index (χ2v) is 8.98. The average molecular weight is 328 g/mol. The zero-order valence-electron chi connectivity index (χ0n) is 11.8. The highest BCUT2D eigenvalue weighted by atomic mass is 32.2. The molecule has 0 bridgehead atoms. The average Bonchev–Trinajstić information content (AvgIpc) is 3.01. The Kier molecular flexibility index (Phi) is 4.33. The van der Waals surface area contributed by atoms with E-state index in [1.165, 1.54) is 4.88 Å². The van der Waals surface area contributed by atoms with E-state index >= 15 is 0 Å². The van der Waals surface area contributed by atoms with Crippen molar-refractivity contribution in [2.24, 2.45) is 5.92 Å². The number of carbonyl (C=O) groups is 1. The number of nitrogens with one attached hydrogen (secondary N) is 1. The van der Waals surface area contributed by atoms with Gasteiger partial charge in [-0.15, -0.1) is 11.3 Å². The largest absolute Gasteiger partial charge is 0.332 e. The molecule has 2 aliphatic heterocycles. The monoisotopic (exact) mass is 328 g/mol. The van der Waals surface area contributed by atoms with E-state index in [1.807, 2.05) is 16.3 Å². The van der Waals surface area contributed by atoms with Crippen molar-refractivity contribution >= 4 is 27.1 Å². The van der Waals surface area contributed by atoms with Gasteiger partial charge in [0, 0.05) is 30.4 Å². The lowest BCUT2D eigenvalue weighted by atomic mass is 9.99. The highest BCUT2D eigenvalue weighted by Gasteiger charge is 2.35. The van der Waals surface area contributed by atoms with E-state index in [9.17, 15) is 13.2 Å². The maximum atomic E-state index is 12.8. The molecule has 0 aliphatic carbocycles. The van der Waals surface area contributed by atoms with E-state index in [0.29, 0.717) is 19.4 Å². The molecular formula is C14H20N2O3S2. The lowest BCUT2D eigenvalue weighted by molar-refractivity contribution is -0.139. The van der Waals surface area contributed by atoms with Crippen LogP contribution in [0.2, 0.25) is 0 Å². The number of sulfone groups is 1. The van der Waals surface area contributed by atoms with E-state index in [4.69, 9.17) is 0 Å². The molecule has 1 atom stereocenters. The van der Waals surface area contributed by atoms with Gasteiger partial charge in [0.25, 0.3) is 0 Å². The molecule has 0 aromatic carbocycles. The quantitative estimate of drug-likeness (QED) is 0.881. The minimum Gasteiger partial charge on any atom is -0.332 e. The number of hydrogen-bond donors (Lipinski definition) is 1. The minimum atomic E-state index is -2.92. The lowest BCUT2D eigenvalue weighted by Gasteiger charge is -2.38. The predicted molar refractivity (Wildman–Crippen MR) is 83.0 cm³/mol. The molecule has 5 nitrogen and oxygen atoms in total. The summed E-state index contributed by atoms with van der Waals surface area (Å²) in [4.78, 5) is 15.9. The first-order valence-electron chi connectivity index (χ1n) is 7.32. The highest BCUT2D eigenvalue weighted by Crippen LogP contribution is 2.30. The SMILES string of the molecule is O=C(C1CCS(=O)(=O)CC1)N1CCNCC1c1cccs1. The number of rotatable bonds is 2. The minimum absolute atomic E-state index is 0.0878. The van der Waals surface area contributed by atoms with Gasteiger partial charge in [0.15, 0.2) is 0 Å². The van der Waals surface area contributed by atoms with Crippen molar-refractivity contribution in [3.8, 4) is 0 Å². The summed E-state index contributed by atoms with van der Waals surface area (Å²) < 4.78 is 23.0. The molecule has 0 spiro atoms. The van der Waals surface area contributed by atoms with Crippen LogP contribution in [-0.2, 0) is 14.6 Å². The van der Waals surface area contributed by atoms with Crippen molar-refractivity contribution in [3.05, 3.63) is 22.4 Å². The van der Waals surface area contributed by atoms with Crippen molar-refractivity contribution in [2.45, 2.75) is 18.9 Å². The standard InChI is InChI=1S/C14H20N2O3S2/c17-14(11-3-8-21(18,19)9-4-11)16-6-5-15-10-12(16)13-2-1-7-20-13/h1-2,7,11-12,15H,3-6,8-10H2. The summed E-state index contributed by atoms with van der Waals surface area (Å²) in [5, 5.41) is 5.37. The van der Waals surface area contributed by atoms with Crippen LogP contribution >= 0.6 is 11.3 Å². The molecule has 7 heteroatoms. The second-order valence-electron chi connectivity index (χ2n) is 5.69. The Morgan fingerprint density at radius 3 is 2.76 bits per heavy atom. The van der Waals surface area contributed by atoms with E-state index in [1.54, 1.807) is 11.3 Å². The van der Waals surface area contributed by atoms with Crippen LogP contribution in [0.15, 0.2) is 17.5 Å². The van der Waals surface area contributed by atoms with Gasteiger partial charge in [0.1, 0.15) is 9.84 Å². The Balaban J connectivity index is 1.73. The topological polar surface area (TPSA) is 66.5 Å². The molecule has 2 fully saturated rings. The van der Waals surface area contributed by atoms with Gasteiger partial charge in [0.2, 0.25) is 5.91 Å². The fraction of sp³-hybridized carbons (Fsp3) is 0.643. The summed E-state index contributed by atoms with van der Waals surface area (Å²) in [5.74, 6) is 0.303. The van der Waals surface area contributed by atoms with Gasteiger partial charge >= 0.3 is 0 Å². The molecule has 1 unspecified atom stereocenters. The number of carbonyl (C=O) groups excluding carboxylic acids is 1. The second kappa shape index (κ2) is 6.06. The Hall–Kier alpha value is -0.920. The fourth-order valence-corrected chi connectivity index (χ4v) is 5.41. The lowest BCUT2D eigenvalue weighted by Crippen LogP contribution is -2.51. The van der Waals surface area contributed by atoms with Gasteiger partial charge in [0.05, 0.1) is 17.5 Å². The maximum absolute atomic E-state index is 12.8. The summed E-state index contributed by atoms with van der Waals surface area (Å²) in [7, 11) is -2.92. The third-order valence-electron chi connectivity index (χ3n) is 4.30. The molecule has 1 aromatic heterocycles. The molecular weight excluding hydrogens is 308 g/mol. The number of nitrogens with zero attached hydrogens (tertiary/aromatic N) is 1. The summed E-state index contributed by atoms with van der Waals surface area (Å²) in [6.07, 6.45) is 0.949. The summed E-state index contributed by atoms with van der Waals surface area (Å²) in [6.45, 7) is 2.28. The van der Waals surface area contributed by atoms with Crippen LogP contribution in [0.4, 0.5) is 0 Å². The first-order valence-corrected chi connectivity index (χ1v) is 10.0. The first-order chi connectivity index (χ1) is 10.1. The van der Waals surface area contributed by atoms with Gasteiger partial charge in [-0.3, -0.25) is 4.79 Å². The molecule has 3 heterocycles. The zero-order chi connectivity index (χ0) is 14.9. The van der Waals surface area contributed by atoms with E-state index in [-0.39, 0.29) is 29.4 Å². The van der Waals surface area contributed by atoms with Gasteiger partial charge in [-0.2, -0.15) is 0 Å². The Bertz CT molecular complexity index is 584. The van der Waals surface area contributed by atoms with Gasteiger partial charge < -0.3 is 10.2 Å². The third kappa shape index (κ3) is 3.30. The highest BCUT2D eigenvalue weighted by molar-refractivity contribution is 7.91. The molecule has 0 saturated carbocycles. The number of thiophene rings is 1. The molecule has 2 saturated heterocycles. The summed E-state index contributed by atoms with van der Waals surface area (Å²) in [6, 6.07) is 4.16. The summed E-state index contributed by atoms with van der Waals surface area (Å²) >= 11 is 1.67. The van der Waals surface area contributed by atoms with Crippen molar-refractivity contribution in [3.63, 3.8) is 0 Å². The molecule has 1 N–H and O–H groups in total. The van der Waals surface area contributed by atoms with Crippen LogP contribution in [0.25, 0.3) is 0 Å². The van der Waals surface area contributed by atoms with Crippen molar-refractivity contribution in [1.29, 1.82) is 0 Å². The number of piperazine rings is 1. The molecule has 116 valence electrons. The van der Waals surface area contributed by atoms with E-state index < -0.39 is 9.84 Å². The van der Waals surface area contributed by atoms with Crippen molar-refractivity contribution in [2.75, 3.05) is 31.1 Å². The maximum Gasteiger partial charge on any atom is 0.226 e. The molecule has 21 heavy (non-hydrogen) atoms. The van der Waals surface area contributed by atoms with Crippen LogP contribution in [0.1, 0.15) is 23.8 Å². The zero-order valence-corrected chi connectivity index (χ0v) is 13.5. The Labute approximate surface area is 129 Å². The van der Waals surface area contributed by atoms with Crippen LogP contribution in [-0.4, -0.2) is 50.4 Å². The number of hydrogen-bond acceptors (Lipinski definition) is 5. The summed E-state index contributed by atoms with van der Waals surface area (Å²) in [5.41, 5.74) is 0. The predicted octanol–water partition coefficient (Wildman–Crippen LogP) is 1.05. The Morgan fingerprint density at radius 1 is 1.33 bits per heavy atom. The van der Waals surface area contributed by atoms with Crippen LogP contribution < -0.4 is 5.32 Å². The van der Waals surface area contributed by atoms with E-state index in [2.05, 4.69) is 11.4 Å². The van der Waals surface area contributed by atoms with Crippen LogP contribution in [0, 0.1) is 5.92 Å². The third-order valence-corrected chi connectivity index (χ3v) is 6.99. The molecule has 3 rings (SSSR count). The smallest absolute Gasteiger partial charge is 0.226 e. The molecule has 2 aliphatic rings. The van der Waals surface area contributed by atoms with Gasteiger partial charge in [-0.05, 0) is 24.3 Å². The van der Waals surface area contributed by atoms with E-state index in [0.717, 1.165) is 13.1 Å². The molecule has 1 aromatic rings. The Morgan fingerprint density at radius 2 is 2.10 bits per heavy atom. The van der Waals surface area contributed by atoms with Crippen LogP contribution in [0.3, 0.4) is 0 Å². The fourth-order valence-electron chi connectivity index (χ4n) is 3.07. The molecule has 0 radical (unpaired) electrons. The number of amides is 1. The molecule has 1 amide bonds. The van der Waals surface area contributed by atoms with Gasteiger partial charge in [-0.25, -0.2) is 8.42 Å². The van der Waals surface area contributed by atoms with Crippen LogP contribution in [0.5, 0.6) is 0 Å². The van der Waals surface area contributed by atoms with Gasteiger partial charge in [-0.1, -0.05) is 6.07 Å².